The fraction of sp³-hybridized carbons (Fsp3) is 0.333. The maximum absolute atomic E-state index is 10.5. The number of carbonyl (C=O) groups excluding carboxylic acids is 1. The van der Waals surface area contributed by atoms with Crippen molar-refractivity contribution in [3.63, 3.8) is 0 Å². The van der Waals surface area contributed by atoms with Gasteiger partial charge in [-0.05, 0) is 6.92 Å². The quantitative estimate of drug-likeness (QED) is 0.686. The van der Waals surface area contributed by atoms with E-state index in [-0.39, 0.29) is 5.12 Å². The molecule has 0 fully saturated rings. The summed E-state index contributed by atoms with van der Waals surface area (Å²) in [7, 11) is 0. The zero-order chi connectivity index (χ0) is 9.68. The van der Waals surface area contributed by atoms with Crippen molar-refractivity contribution in [2.75, 3.05) is 5.75 Å². The molecule has 1 heterocycles. The van der Waals surface area contributed by atoms with Crippen LogP contribution in [0.25, 0.3) is 0 Å². The van der Waals surface area contributed by atoms with Gasteiger partial charge >= 0.3 is 0 Å². The Bertz CT molecular complexity index is 359. The lowest BCUT2D eigenvalue weighted by Gasteiger charge is -1.85. The minimum atomic E-state index is 0.0956. The van der Waals surface area contributed by atoms with Crippen LogP contribution in [0, 0.1) is 18.8 Å². The Morgan fingerprint density at radius 2 is 2.54 bits per heavy atom. The Labute approximate surface area is 81.3 Å². The summed E-state index contributed by atoms with van der Waals surface area (Å²) in [5.41, 5.74) is 1.85. The molecule has 0 saturated heterocycles. The van der Waals surface area contributed by atoms with Crippen molar-refractivity contribution in [2.45, 2.75) is 13.8 Å². The largest absolute Gasteiger partial charge is 0.288 e. The third-order valence-electron chi connectivity index (χ3n) is 1.40. The minimum absolute atomic E-state index is 0.0956. The Morgan fingerprint density at radius 1 is 1.77 bits per heavy atom. The number of H-pyrrole nitrogens is 1. The first kappa shape index (κ1) is 9.87. The lowest BCUT2D eigenvalue weighted by molar-refractivity contribution is -0.109. The zero-order valence-corrected chi connectivity index (χ0v) is 8.36. The van der Waals surface area contributed by atoms with Crippen LogP contribution in [0.3, 0.4) is 0 Å². The molecular formula is C9H10N2OS. The first-order chi connectivity index (χ1) is 6.20. The molecule has 3 nitrogen and oxygen atoms in total. The molecule has 1 aromatic heterocycles. The number of aromatic nitrogens is 2. The smallest absolute Gasteiger partial charge is 0.186 e. The maximum Gasteiger partial charge on any atom is 0.186 e. The fourth-order valence-electron chi connectivity index (χ4n) is 0.746. The van der Waals surface area contributed by atoms with Gasteiger partial charge in [0.1, 0.15) is 0 Å². The van der Waals surface area contributed by atoms with E-state index in [9.17, 15) is 4.79 Å². The van der Waals surface area contributed by atoms with Gasteiger partial charge in [-0.15, -0.1) is 0 Å². The maximum atomic E-state index is 10.5. The van der Waals surface area contributed by atoms with E-state index >= 15 is 0 Å². The van der Waals surface area contributed by atoms with Gasteiger partial charge < -0.3 is 0 Å². The number of rotatable bonds is 1. The molecule has 0 aliphatic carbocycles. The van der Waals surface area contributed by atoms with Gasteiger partial charge in [-0.25, -0.2) is 0 Å². The average Bonchev–Trinajstić information content (AvgIpc) is 2.45. The predicted molar refractivity (Wildman–Crippen MR) is 53.3 cm³/mol. The Morgan fingerprint density at radius 3 is 3.08 bits per heavy atom. The summed E-state index contributed by atoms with van der Waals surface area (Å²) in [4.78, 5) is 10.5. The Hall–Kier alpha value is -1.21. The van der Waals surface area contributed by atoms with Gasteiger partial charge in [-0.1, -0.05) is 23.6 Å². The molecule has 68 valence electrons. The first-order valence-corrected chi connectivity index (χ1v) is 4.81. The van der Waals surface area contributed by atoms with Crippen LogP contribution in [0.2, 0.25) is 0 Å². The summed E-state index contributed by atoms with van der Waals surface area (Å²) in [6.07, 6.45) is 1.68. The molecule has 0 aliphatic heterocycles. The van der Waals surface area contributed by atoms with Gasteiger partial charge in [0.25, 0.3) is 0 Å². The first-order valence-electron chi connectivity index (χ1n) is 3.82. The van der Waals surface area contributed by atoms with Crippen LogP contribution in [0.15, 0.2) is 6.20 Å². The highest BCUT2D eigenvalue weighted by Gasteiger charge is 1.94. The SMILES string of the molecule is CC(=O)SCC#Cc1cn[nH]c1C. The van der Waals surface area contributed by atoms with Gasteiger partial charge in [0.15, 0.2) is 5.12 Å². The fourth-order valence-corrected chi connectivity index (χ4v) is 1.09. The number of carbonyl (C=O) groups is 1. The van der Waals surface area contributed by atoms with Crippen LogP contribution in [-0.2, 0) is 4.79 Å². The summed E-state index contributed by atoms with van der Waals surface area (Å²) < 4.78 is 0. The number of hydrogen-bond donors (Lipinski definition) is 1. The van der Waals surface area contributed by atoms with E-state index in [1.807, 2.05) is 6.92 Å². The van der Waals surface area contributed by atoms with Crippen LogP contribution < -0.4 is 0 Å². The second kappa shape index (κ2) is 4.73. The molecule has 0 atom stereocenters. The van der Waals surface area contributed by atoms with E-state index in [4.69, 9.17) is 0 Å². The van der Waals surface area contributed by atoms with Crippen LogP contribution in [0.5, 0.6) is 0 Å². The van der Waals surface area contributed by atoms with Gasteiger partial charge in [0, 0.05) is 12.6 Å². The van der Waals surface area contributed by atoms with Crippen molar-refractivity contribution in [1.29, 1.82) is 0 Å². The lowest BCUT2D eigenvalue weighted by atomic mass is 10.3. The summed E-state index contributed by atoms with van der Waals surface area (Å²) in [5, 5.41) is 6.72. The monoisotopic (exact) mass is 194 g/mol. The average molecular weight is 194 g/mol. The number of hydrogen-bond acceptors (Lipinski definition) is 3. The van der Waals surface area contributed by atoms with Crippen molar-refractivity contribution in [1.82, 2.24) is 10.2 Å². The molecular weight excluding hydrogens is 184 g/mol. The molecule has 1 N–H and O–H groups in total. The second-order valence-corrected chi connectivity index (χ2v) is 3.64. The van der Waals surface area contributed by atoms with Gasteiger partial charge in [0.05, 0.1) is 17.5 Å². The van der Waals surface area contributed by atoms with E-state index in [0.29, 0.717) is 5.75 Å². The topological polar surface area (TPSA) is 45.8 Å². The molecule has 13 heavy (non-hydrogen) atoms. The van der Waals surface area contributed by atoms with Crippen LogP contribution in [-0.4, -0.2) is 21.1 Å². The van der Waals surface area contributed by atoms with Crippen LogP contribution >= 0.6 is 11.8 Å². The van der Waals surface area contributed by atoms with Crippen molar-refractivity contribution in [3.8, 4) is 11.8 Å². The molecule has 0 spiro atoms. The van der Waals surface area contributed by atoms with Crippen molar-refractivity contribution < 1.29 is 4.79 Å². The summed E-state index contributed by atoms with van der Waals surface area (Å²) in [6, 6.07) is 0. The van der Waals surface area contributed by atoms with E-state index in [2.05, 4.69) is 22.0 Å². The molecule has 0 aromatic carbocycles. The molecule has 0 bridgehead atoms. The zero-order valence-electron chi connectivity index (χ0n) is 7.55. The molecule has 0 amide bonds. The molecule has 0 saturated carbocycles. The number of nitrogens with one attached hydrogen (secondary N) is 1. The number of thioether (sulfide) groups is 1. The van der Waals surface area contributed by atoms with E-state index in [1.54, 1.807) is 6.20 Å². The van der Waals surface area contributed by atoms with E-state index < -0.39 is 0 Å². The molecule has 1 rings (SSSR count). The van der Waals surface area contributed by atoms with Gasteiger partial charge in [-0.3, -0.25) is 9.89 Å². The van der Waals surface area contributed by atoms with Crippen LogP contribution in [0.4, 0.5) is 0 Å². The summed E-state index contributed by atoms with van der Waals surface area (Å²) in [5.74, 6) is 6.37. The lowest BCUT2D eigenvalue weighted by Crippen LogP contribution is -1.82. The Balaban J connectivity index is 2.49. The standard InChI is InChI=1S/C9H10N2OS/c1-7-9(6-10-11-7)4-3-5-13-8(2)12/h6H,5H2,1-2H3,(H,10,11). The van der Waals surface area contributed by atoms with E-state index in [1.165, 1.54) is 18.7 Å². The summed E-state index contributed by atoms with van der Waals surface area (Å²) in [6.45, 7) is 3.45. The van der Waals surface area contributed by atoms with Crippen molar-refractivity contribution in [2.24, 2.45) is 0 Å². The van der Waals surface area contributed by atoms with Crippen molar-refractivity contribution in [3.05, 3.63) is 17.5 Å². The number of aryl methyl sites for hydroxylation is 1. The summed E-state index contributed by atoms with van der Waals surface area (Å²) >= 11 is 1.22. The highest BCUT2D eigenvalue weighted by molar-refractivity contribution is 8.13. The van der Waals surface area contributed by atoms with Crippen LogP contribution in [0.1, 0.15) is 18.2 Å². The minimum Gasteiger partial charge on any atom is -0.288 e. The molecule has 0 unspecified atom stereocenters. The van der Waals surface area contributed by atoms with E-state index in [0.717, 1.165) is 11.3 Å². The highest BCUT2D eigenvalue weighted by atomic mass is 32.2. The Kier molecular flexibility index (Phi) is 3.59. The van der Waals surface area contributed by atoms with Crippen molar-refractivity contribution >= 4 is 16.9 Å². The second-order valence-electron chi connectivity index (χ2n) is 2.49. The molecule has 4 heteroatoms. The number of nitrogens with zero attached hydrogens (tertiary/aromatic N) is 1. The third-order valence-corrected chi connectivity index (χ3v) is 2.10. The molecule has 0 aliphatic rings. The predicted octanol–water partition coefficient (Wildman–Crippen LogP) is 1.35. The third kappa shape index (κ3) is 3.34. The molecule has 0 radical (unpaired) electrons. The van der Waals surface area contributed by atoms with Gasteiger partial charge in [0.2, 0.25) is 0 Å². The van der Waals surface area contributed by atoms with Gasteiger partial charge in [-0.2, -0.15) is 5.10 Å². The normalized spacial score (nSPS) is 9.08. The number of aromatic amines is 1. The molecule has 1 aromatic rings. The highest BCUT2D eigenvalue weighted by Crippen LogP contribution is 2.01.